The Morgan fingerprint density at radius 1 is 1.05 bits per heavy atom. The second kappa shape index (κ2) is 6.99. The molecule has 2 aliphatic rings. The summed E-state index contributed by atoms with van der Waals surface area (Å²) in [7, 11) is 0. The van der Waals surface area contributed by atoms with Crippen LogP contribution in [0.3, 0.4) is 0 Å². The van der Waals surface area contributed by atoms with Crippen LogP contribution in [0.15, 0.2) is 24.3 Å². The molecule has 0 unspecified atom stereocenters. The fourth-order valence-corrected chi connectivity index (χ4v) is 3.67. The molecule has 0 radical (unpaired) electrons. The average Bonchev–Trinajstić information content (AvgIpc) is 2.97. The number of piperidine rings is 1. The molecule has 2 heterocycles. The topological polar surface area (TPSA) is 18.5 Å². The first kappa shape index (κ1) is 15.1. The minimum absolute atomic E-state index is 0.690. The Balaban J connectivity index is 1.46. The smallest absolute Gasteiger partial charge is 0.0407 e. The Bertz CT molecular complexity index is 440. The predicted molar refractivity (Wildman–Crippen MR) is 90.3 cm³/mol. The number of rotatable bonds is 4. The van der Waals surface area contributed by atoms with Crippen molar-refractivity contribution in [3.63, 3.8) is 0 Å². The van der Waals surface area contributed by atoms with Gasteiger partial charge in [0, 0.05) is 42.4 Å². The van der Waals surface area contributed by atoms with Crippen LogP contribution >= 0.6 is 11.6 Å². The summed E-state index contributed by atoms with van der Waals surface area (Å²) in [6.07, 6.45) is 3.79. The maximum atomic E-state index is 5.96. The lowest BCUT2D eigenvalue weighted by Crippen LogP contribution is -2.47. The molecule has 1 atom stereocenters. The Labute approximate surface area is 133 Å². The Morgan fingerprint density at radius 3 is 2.33 bits per heavy atom. The summed E-state index contributed by atoms with van der Waals surface area (Å²) in [5.41, 5.74) is 1.30. The highest BCUT2D eigenvalue weighted by molar-refractivity contribution is 6.30. The largest absolute Gasteiger partial charge is 0.371 e. The van der Waals surface area contributed by atoms with Gasteiger partial charge in [0.05, 0.1) is 0 Å². The summed E-state index contributed by atoms with van der Waals surface area (Å²) in [6.45, 7) is 8.22. The lowest BCUT2D eigenvalue weighted by atomic mass is 10.0. The molecule has 0 bridgehead atoms. The van der Waals surface area contributed by atoms with Gasteiger partial charge in [-0.05, 0) is 56.6 Å². The molecule has 116 valence electrons. The first-order chi connectivity index (χ1) is 10.2. The number of hydrogen-bond donors (Lipinski definition) is 1. The molecule has 1 aromatic rings. The first-order valence-electron chi connectivity index (χ1n) is 8.23. The van der Waals surface area contributed by atoms with E-state index in [2.05, 4.69) is 34.2 Å². The molecule has 2 saturated heterocycles. The Kier molecular flexibility index (Phi) is 5.04. The van der Waals surface area contributed by atoms with E-state index in [1.807, 2.05) is 12.1 Å². The summed E-state index contributed by atoms with van der Waals surface area (Å²) in [5, 5.41) is 4.69. The van der Waals surface area contributed by atoms with Gasteiger partial charge < -0.3 is 15.1 Å². The average molecular weight is 308 g/mol. The molecule has 0 aromatic heterocycles. The summed E-state index contributed by atoms with van der Waals surface area (Å²) < 4.78 is 0. The number of likely N-dealkylation sites (N-methyl/N-ethyl adjacent to an activating group) is 1. The minimum Gasteiger partial charge on any atom is -0.371 e. The van der Waals surface area contributed by atoms with Crippen LogP contribution in [0.25, 0.3) is 0 Å². The summed E-state index contributed by atoms with van der Waals surface area (Å²) in [4.78, 5) is 5.02. The van der Waals surface area contributed by atoms with Crippen molar-refractivity contribution in [2.75, 3.05) is 37.6 Å². The van der Waals surface area contributed by atoms with Crippen LogP contribution < -0.4 is 10.2 Å². The Hall–Kier alpha value is -0.770. The van der Waals surface area contributed by atoms with Gasteiger partial charge in [0.2, 0.25) is 0 Å². The van der Waals surface area contributed by atoms with Gasteiger partial charge in [-0.15, -0.1) is 0 Å². The summed E-state index contributed by atoms with van der Waals surface area (Å²) in [5.74, 6) is 0. The lowest BCUT2D eigenvalue weighted by Gasteiger charge is -2.35. The number of anilines is 1. The van der Waals surface area contributed by atoms with Crippen molar-refractivity contribution in [3.05, 3.63) is 29.3 Å². The van der Waals surface area contributed by atoms with Crippen molar-refractivity contribution in [1.29, 1.82) is 0 Å². The molecule has 3 rings (SSSR count). The molecule has 1 aromatic carbocycles. The van der Waals surface area contributed by atoms with Gasteiger partial charge in [-0.3, -0.25) is 0 Å². The molecule has 3 nitrogen and oxygen atoms in total. The molecule has 0 saturated carbocycles. The zero-order chi connectivity index (χ0) is 14.7. The molecule has 0 spiro atoms. The number of likely N-dealkylation sites (tertiary alicyclic amines) is 1. The van der Waals surface area contributed by atoms with Crippen molar-refractivity contribution in [3.8, 4) is 0 Å². The van der Waals surface area contributed by atoms with Crippen LogP contribution in [-0.2, 0) is 0 Å². The number of hydrogen-bond acceptors (Lipinski definition) is 3. The Morgan fingerprint density at radius 2 is 1.71 bits per heavy atom. The monoisotopic (exact) mass is 307 g/mol. The van der Waals surface area contributed by atoms with Gasteiger partial charge in [0.1, 0.15) is 0 Å². The minimum atomic E-state index is 0.690. The molecule has 21 heavy (non-hydrogen) atoms. The van der Waals surface area contributed by atoms with E-state index in [0.717, 1.165) is 18.1 Å². The van der Waals surface area contributed by atoms with Crippen LogP contribution in [0.4, 0.5) is 5.69 Å². The quantitative estimate of drug-likeness (QED) is 0.922. The normalized spacial score (nSPS) is 24.7. The third-order valence-electron chi connectivity index (χ3n) is 4.88. The van der Waals surface area contributed by atoms with E-state index in [9.17, 15) is 0 Å². The number of benzene rings is 1. The maximum Gasteiger partial charge on any atom is 0.0407 e. The zero-order valence-electron chi connectivity index (χ0n) is 12.9. The van der Waals surface area contributed by atoms with E-state index in [1.165, 1.54) is 44.6 Å². The van der Waals surface area contributed by atoms with E-state index < -0.39 is 0 Å². The number of nitrogens with zero attached hydrogens (tertiary/aromatic N) is 2. The van der Waals surface area contributed by atoms with E-state index in [0.29, 0.717) is 12.1 Å². The second-order valence-electron chi connectivity index (χ2n) is 6.28. The highest BCUT2D eigenvalue weighted by atomic mass is 35.5. The van der Waals surface area contributed by atoms with Crippen LogP contribution in [0.5, 0.6) is 0 Å². The van der Waals surface area contributed by atoms with Crippen LogP contribution in [0.1, 0.15) is 26.2 Å². The van der Waals surface area contributed by atoms with E-state index in [-0.39, 0.29) is 0 Å². The molecular weight excluding hydrogens is 282 g/mol. The summed E-state index contributed by atoms with van der Waals surface area (Å²) >= 11 is 5.96. The lowest BCUT2D eigenvalue weighted by molar-refractivity contribution is 0.325. The van der Waals surface area contributed by atoms with Crippen LogP contribution in [0.2, 0.25) is 5.02 Å². The first-order valence-corrected chi connectivity index (χ1v) is 8.61. The molecule has 2 fully saturated rings. The van der Waals surface area contributed by atoms with E-state index >= 15 is 0 Å². The molecular formula is C17H26ClN3. The fraction of sp³-hybridized carbons (Fsp3) is 0.647. The van der Waals surface area contributed by atoms with Crippen molar-refractivity contribution in [2.45, 2.75) is 38.3 Å². The third-order valence-corrected chi connectivity index (χ3v) is 5.13. The van der Waals surface area contributed by atoms with Crippen molar-refractivity contribution in [1.82, 2.24) is 10.2 Å². The highest BCUT2D eigenvalue weighted by Gasteiger charge is 2.26. The third kappa shape index (κ3) is 3.91. The van der Waals surface area contributed by atoms with Gasteiger partial charge in [-0.1, -0.05) is 18.5 Å². The molecule has 2 aliphatic heterocycles. The van der Waals surface area contributed by atoms with E-state index in [1.54, 1.807) is 0 Å². The molecule has 4 heteroatoms. The predicted octanol–water partition coefficient (Wildman–Crippen LogP) is 2.99. The maximum absolute atomic E-state index is 5.96. The van der Waals surface area contributed by atoms with Gasteiger partial charge in [0.15, 0.2) is 0 Å². The van der Waals surface area contributed by atoms with Crippen LogP contribution in [-0.4, -0.2) is 49.7 Å². The van der Waals surface area contributed by atoms with Gasteiger partial charge >= 0.3 is 0 Å². The van der Waals surface area contributed by atoms with E-state index in [4.69, 9.17) is 11.6 Å². The van der Waals surface area contributed by atoms with Gasteiger partial charge in [-0.25, -0.2) is 0 Å². The van der Waals surface area contributed by atoms with Crippen molar-refractivity contribution >= 4 is 17.3 Å². The summed E-state index contributed by atoms with van der Waals surface area (Å²) in [6, 6.07) is 9.63. The number of halogens is 1. The second-order valence-corrected chi connectivity index (χ2v) is 6.72. The van der Waals surface area contributed by atoms with Gasteiger partial charge in [0.25, 0.3) is 0 Å². The fourth-order valence-electron chi connectivity index (χ4n) is 3.55. The molecule has 0 aliphatic carbocycles. The van der Waals surface area contributed by atoms with Gasteiger partial charge in [-0.2, -0.15) is 0 Å². The highest BCUT2D eigenvalue weighted by Crippen LogP contribution is 2.22. The van der Waals surface area contributed by atoms with Crippen LogP contribution in [0, 0.1) is 0 Å². The molecule has 1 N–H and O–H groups in total. The SMILES string of the molecule is CCN1CC[C@H](NC2CCN(c3ccc(Cl)cc3)CC2)C1. The van der Waals surface area contributed by atoms with Crippen molar-refractivity contribution < 1.29 is 0 Å². The van der Waals surface area contributed by atoms with Crippen molar-refractivity contribution in [2.24, 2.45) is 0 Å². The zero-order valence-corrected chi connectivity index (χ0v) is 13.6. The standard InChI is InChI=1S/C17H26ClN3/c1-2-20-10-7-16(13-20)19-15-8-11-21(12-9-15)17-5-3-14(18)4-6-17/h3-6,15-16,19H,2,7-13H2,1H3/t16-/m0/s1. The molecule has 0 amide bonds. The number of nitrogens with one attached hydrogen (secondary N) is 1.